The number of fused-ring (bicyclic) bond motifs is 5. The molecule has 0 bridgehead atoms. The molecule has 3 N–H and O–H groups in total. The Hall–Kier alpha value is -3.46. The van der Waals surface area contributed by atoms with Gasteiger partial charge in [0.1, 0.15) is 16.9 Å². The number of anilines is 2. The van der Waals surface area contributed by atoms with E-state index in [9.17, 15) is 4.79 Å². The van der Waals surface area contributed by atoms with Crippen molar-refractivity contribution >= 4 is 45.3 Å². The van der Waals surface area contributed by atoms with E-state index in [1.54, 1.807) is 7.05 Å². The number of hydrogen-bond donors (Lipinski definition) is 3. The second-order valence-electron chi connectivity index (χ2n) is 9.16. The van der Waals surface area contributed by atoms with Gasteiger partial charge in [-0.1, -0.05) is 12.1 Å². The molecule has 33 heavy (non-hydrogen) atoms. The molecule has 172 valence electrons. The lowest BCUT2D eigenvalue weighted by Crippen LogP contribution is -2.54. The van der Waals surface area contributed by atoms with E-state index in [1.165, 1.54) is 0 Å². The number of amides is 1. The van der Waals surface area contributed by atoms with Gasteiger partial charge in [-0.2, -0.15) is 0 Å². The molecule has 0 spiro atoms. The SMILES string of the molecule is CNc1c(C(=O)NC(C)C)c2nc3ccccc3n2c2nc(N3C[C@@H](C)N[C@@H](C)C3)cnc12. The average Bonchev–Trinajstić information content (AvgIpc) is 3.16. The molecule has 9 nitrogen and oxygen atoms in total. The number of para-hydroxylation sites is 2. The fraction of sp³-hybridized carbons (Fsp3) is 0.417. The normalized spacial score (nSPS) is 19.0. The third-order valence-electron chi connectivity index (χ3n) is 6.00. The van der Waals surface area contributed by atoms with Gasteiger partial charge in [0.05, 0.1) is 22.9 Å². The summed E-state index contributed by atoms with van der Waals surface area (Å²) in [5.74, 6) is 0.635. The minimum atomic E-state index is -0.188. The minimum Gasteiger partial charge on any atom is -0.385 e. The number of nitrogens with one attached hydrogen (secondary N) is 3. The molecule has 1 aliphatic heterocycles. The first-order chi connectivity index (χ1) is 15.9. The summed E-state index contributed by atoms with van der Waals surface area (Å²) in [6.07, 6.45) is 1.81. The Labute approximate surface area is 192 Å². The number of benzene rings is 1. The van der Waals surface area contributed by atoms with Gasteiger partial charge in [0.2, 0.25) is 0 Å². The van der Waals surface area contributed by atoms with Crippen LogP contribution in [-0.2, 0) is 0 Å². The van der Waals surface area contributed by atoms with Crippen LogP contribution in [0, 0.1) is 0 Å². The molecule has 1 saturated heterocycles. The average molecular weight is 447 g/mol. The van der Waals surface area contributed by atoms with Gasteiger partial charge in [0.25, 0.3) is 5.91 Å². The van der Waals surface area contributed by atoms with Crippen molar-refractivity contribution in [3.63, 3.8) is 0 Å². The fourth-order valence-corrected chi connectivity index (χ4v) is 4.80. The maximum absolute atomic E-state index is 13.3. The Bertz CT molecular complexity index is 1350. The highest BCUT2D eigenvalue weighted by Gasteiger charge is 2.27. The van der Waals surface area contributed by atoms with Crippen LogP contribution in [0.25, 0.3) is 27.8 Å². The van der Waals surface area contributed by atoms with Gasteiger partial charge in [0, 0.05) is 38.3 Å². The predicted octanol–water partition coefficient (Wildman–Crippen LogP) is 2.80. The lowest BCUT2D eigenvalue weighted by molar-refractivity contribution is 0.0945. The summed E-state index contributed by atoms with van der Waals surface area (Å²) < 4.78 is 1.96. The molecule has 0 unspecified atom stereocenters. The van der Waals surface area contributed by atoms with E-state index in [0.717, 1.165) is 29.9 Å². The Morgan fingerprint density at radius 1 is 1.12 bits per heavy atom. The molecule has 1 aliphatic rings. The van der Waals surface area contributed by atoms with Crippen molar-refractivity contribution in [2.24, 2.45) is 0 Å². The second kappa shape index (κ2) is 8.15. The molecule has 5 rings (SSSR count). The summed E-state index contributed by atoms with van der Waals surface area (Å²) in [5.41, 5.74) is 4.70. The molecule has 0 radical (unpaired) electrons. The molecule has 0 saturated carbocycles. The maximum Gasteiger partial charge on any atom is 0.257 e. The number of rotatable bonds is 4. The molecular weight excluding hydrogens is 416 g/mol. The zero-order valence-electron chi connectivity index (χ0n) is 19.7. The summed E-state index contributed by atoms with van der Waals surface area (Å²) in [5, 5.41) is 9.77. The van der Waals surface area contributed by atoms with Crippen LogP contribution in [0.2, 0.25) is 0 Å². The number of piperazine rings is 1. The fourth-order valence-electron chi connectivity index (χ4n) is 4.80. The smallest absolute Gasteiger partial charge is 0.257 e. The zero-order valence-corrected chi connectivity index (χ0v) is 19.7. The van der Waals surface area contributed by atoms with Gasteiger partial charge in [-0.15, -0.1) is 0 Å². The van der Waals surface area contributed by atoms with Crippen LogP contribution in [0.15, 0.2) is 30.5 Å². The van der Waals surface area contributed by atoms with E-state index < -0.39 is 0 Å². The van der Waals surface area contributed by atoms with Gasteiger partial charge < -0.3 is 20.9 Å². The van der Waals surface area contributed by atoms with E-state index in [1.807, 2.05) is 48.7 Å². The van der Waals surface area contributed by atoms with Gasteiger partial charge in [-0.3, -0.25) is 9.20 Å². The lowest BCUT2D eigenvalue weighted by Gasteiger charge is -2.36. The molecular formula is C24H30N8O. The largest absolute Gasteiger partial charge is 0.385 e. The number of nitrogens with zero attached hydrogens (tertiary/aromatic N) is 5. The van der Waals surface area contributed by atoms with Crippen molar-refractivity contribution in [3.8, 4) is 0 Å². The molecule has 2 atom stereocenters. The summed E-state index contributed by atoms with van der Waals surface area (Å²) in [7, 11) is 1.80. The minimum absolute atomic E-state index is 0.00696. The summed E-state index contributed by atoms with van der Waals surface area (Å²) >= 11 is 0. The van der Waals surface area contributed by atoms with Crippen LogP contribution in [0.3, 0.4) is 0 Å². The highest BCUT2D eigenvalue weighted by Crippen LogP contribution is 2.33. The Morgan fingerprint density at radius 2 is 1.85 bits per heavy atom. The topological polar surface area (TPSA) is 99.5 Å². The first-order valence-electron chi connectivity index (χ1n) is 11.5. The molecule has 1 amide bonds. The van der Waals surface area contributed by atoms with Crippen LogP contribution in [0.5, 0.6) is 0 Å². The first-order valence-corrected chi connectivity index (χ1v) is 11.5. The summed E-state index contributed by atoms with van der Waals surface area (Å²) in [6, 6.07) is 8.58. The van der Waals surface area contributed by atoms with Crippen molar-refractivity contribution in [1.82, 2.24) is 30.0 Å². The van der Waals surface area contributed by atoms with Crippen molar-refractivity contribution in [3.05, 3.63) is 36.0 Å². The number of imidazole rings is 1. The van der Waals surface area contributed by atoms with E-state index in [2.05, 4.69) is 34.7 Å². The standard InChI is InChI=1S/C24H30N8O/c1-13(2)27-24(33)19-20(25-5)21-23(32-17-9-7-6-8-16(17)29-22(19)32)30-18(10-26-21)31-11-14(3)28-15(4)12-31/h6-10,13-15,25,28H,11-12H2,1-5H3,(H,27,33)/t14-,15+. The second-order valence-corrected chi connectivity index (χ2v) is 9.16. The molecule has 3 aromatic heterocycles. The van der Waals surface area contributed by atoms with Gasteiger partial charge in [-0.25, -0.2) is 15.0 Å². The van der Waals surface area contributed by atoms with Crippen LogP contribution in [0.4, 0.5) is 11.5 Å². The van der Waals surface area contributed by atoms with E-state index in [4.69, 9.17) is 15.0 Å². The summed E-state index contributed by atoms with van der Waals surface area (Å²) in [4.78, 5) is 30.3. The van der Waals surface area contributed by atoms with Gasteiger partial charge in [0.15, 0.2) is 11.3 Å². The van der Waals surface area contributed by atoms with Crippen LogP contribution >= 0.6 is 0 Å². The van der Waals surface area contributed by atoms with Crippen LogP contribution in [0.1, 0.15) is 38.1 Å². The molecule has 9 heteroatoms. The highest BCUT2D eigenvalue weighted by atomic mass is 16.1. The monoisotopic (exact) mass is 446 g/mol. The van der Waals surface area contributed by atoms with Crippen molar-refractivity contribution in [1.29, 1.82) is 0 Å². The van der Waals surface area contributed by atoms with Gasteiger partial charge >= 0.3 is 0 Å². The third-order valence-corrected chi connectivity index (χ3v) is 6.00. The Morgan fingerprint density at radius 3 is 2.55 bits per heavy atom. The van der Waals surface area contributed by atoms with E-state index in [0.29, 0.717) is 40.1 Å². The quantitative estimate of drug-likeness (QED) is 0.443. The molecule has 4 heterocycles. The van der Waals surface area contributed by atoms with E-state index in [-0.39, 0.29) is 11.9 Å². The molecule has 4 aromatic rings. The van der Waals surface area contributed by atoms with Crippen molar-refractivity contribution < 1.29 is 4.79 Å². The Balaban J connectivity index is 1.82. The Kier molecular flexibility index (Phi) is 5.28. The van der Waals surface area contributed by atoms with Crippen molar-refractivity contribution in [2.45, 2.75) is 45.8 Å². The molecule has 1 aromatic carbocycles. The number of carbonyl (C=O) groups is 1. The number of pyridine rings is 1. The van der Waals surface area contributed by atoms with Crippen LogP contribution in [-0.4, -0.2) is 63.5 Å². The molecule has 0 aliphatic carbocycles. The number of carbonyl (C=O) groups excluding carboxylic acids is 1. The summed E-state index contributed by atoms with van der Waals surface area (Å²) in [6.45, 7) is 9.95. The number of hydrogen-bond acceptors (Lipinski definition) is 7. The number of aromatic nitrogens is 4. The third kappa shape index (κ3) is 3.62. The lowest BCUT2D eigenvalue weighted by atomic mass is 10.1. The van der Waals surface area contributed by atoms with Gasteiger partial charge in [-0.05, 0) is 39.8 Å². The van der Waals surface area contributed by atoms with E-state index >= 15 is 0 Å². The van der Waals surface area contributed by atoms with Crippen molar-refractivity contribution in [2.75, 3.05) is 30.4 Å². The zero-order chi connectivity index (χ0) is 23.3. The highest BCUT2D eigenvalue weighted by molar-refractivity contribution is 6.12. The first kappa shape index (κ1) is 21.4. The van der Waals surface area contributed by atoms with Crippen LogP contribution < -0.4 is 20.9 Å². The maximum atomic E-state index is 13.3. The predicted molar refractivity (Wildman–Crippen MR) is 132 cm³/mol. The molecule has 1 fully saturated rings.